The topological polar surface area (TPSA) is 88.2 Å². The molecule has 1 aliphatic rings. The molecular weight excluding hydrogens is 302 g/mol. The molecule has 1 aromatic rings. The molecule has 1 aromatic heterocycles. The number of pyridine rings is 1. The van der Waals surface area contributed by atoms with Crippen LogP contribution in [-0.4, -0.2) is 37.1 Å². The molecule has 2 N–H and O–H groups in total. The Morgan fingerprint density at radius 3 is 2.50 bits per heavy atom. The van der Waals surface area contributed by atoms with Crippen LogP contribution in [0.25, 0.3) is 0 Å². The molecule has 0 aliphatic heterocycles. The number of nitrogens with one attached hydrogen (secondary N) is 2. The van der Waals surface area contributed by atoms with Crippen molar-refractivity contribution in [2.24, 2.45) is 5.92 Å². The highest BCUT2D eigenvalue weighted by Crippen LogP contribution is 2.27. The summed E-state index contributed by atoms with van der Waals surface area (Å²) in [5.74, 6) is 0.575. The van der Waals surface area contributed by atoms with E-state index in [2.05, 4.69) is 15.6 Å². The predicted molar refractivity (Wildman–Crippen MR) is 85.4 cm³/mol. The van der Waals surface area contributed by atoms with Gasteiger partial charge in [-0.2, -0.15) is 0 Å². The summed E-state index contributed by atoms with van der Waals surface area (Å²) in [7, 11) is -3.45. The summed E-state index contributed by atoms with van der Waals surface area (Å²) >= 11 is 0. The molecule has 1 heterocycles. The minimum Gasteiger partial charge on any atom is -0.375 e. The maximum Gasteiger partial charge on any atom is 0.239 e. The third-order valence-corrected chi connectivity index (χ3v) is 5.96. The molecule has 0 spiro atoms. The van der Waals surface area contributed by atoms with Gasteiger partial charge in [0.2, 0.25) is 5.91 Å². The van der Waals surface area contributed by atoms with E-state index in [1.165, 1.54) is 25.1 Å². The Hall–Kier alpha value is -1.63. The first kappa shape index (κ1) is 16.7. The molecule has 0 bridgehead atoms. The summed E-state index contributed by atoms with van der Waals surface area (Å²) in [6.07, 6.45) is 3.83. The van der Waals surface area contributed by atoms with E-state index in [1.54, 1.807) is 26.8 Å². The smallest absolute Gasteiger partial charge is 0.239 e. The van der Waals surface area contributed by atoms with Crippen LogP contribution in [0.15, 0.2) is 23.4 Å². The van der Waals surface area contributed by atoms with Crippen LogP contribution in [0.2, 0.25) is 0 Å². The van der Waals surface area contributed by atoms with Gasteiger partial charge in [-0.1, -0.05) is 0 Å². The Balaban J connectivity index is 1.90. The SMILES string of the molecule is CC(C)(C)S(=O)(=O)c1ccc(NCC(=O)NCC2CC2)cn1. The summed E-state index contributed by atoms with van der Waals surface area (Å²) in [6.45, 7) is 5.81. The van der Waals surface area contributed by atoms with Gasteiger partial charge in [0.05, 0.1) is 23.2 Å². The van der Waals surface area contributed by atoms with Crippen LogP contribution in [0.1, 0.15) is 33.6 Å². The minimum absolute atomic E-state index is 0.0451. The lowest BCUT2D eigenvalue weighted by molar-refractivity contribution is -0.119. The number of hydrogen-bond donors (Lipinski definition) is 2. The Labute approximate surface area is 131 Å². The molecule has 0 atom stereocenters. The Morgan fingerprint density at radius 1 is 1.32 bits per heavy atom. The lowest BCUT2D eigenvalue weighted by Gasteiger charge is -2.18. The number of anilines is 1. The maximum atomic E-state index is 12.2. The fraction of sp³-hybridized carbons (Fsp3) is 0.600. The van der Waals surface area contributed by atoms with Gasteiger partial charge in [0.25, 0.3) is 0 Å². The van der Waals surface area contributed by atoms with Crippen LogP contribution in [0, 0.1) is 5.92 Å². The highest BCUT2D eigenvalue weighted by atomic mass is 32.2. The average Bonchev–Trinajstić information content (AvgIpc) is 3.26. The van der Waals surface area contributed by atoms with Crippen molar-refractivity contribution in [3.05, 3.63) is 18.3 Å². The van der Waals surface area contributed by atoms with E-state index < -0.39 is 14.6 Å². The van der Waals surface area contributed by atoms with Gasteiger partial charge in [-0.25, -0.2) is 13.4 Å². The molecule has 122 valence electrons. The number of rotatable bonds is 6. The zero-order chi connectivity index (χ0) is 16.4. The molecular formula is C15H23N3O3S. The molecule has 1 saturated carbocycles. The Morgan fingerprint density at radius 2 is 2.00 bits per heavy atom. The first-order valence-electron chi connectivity index (χ1n) is 7.41. The molecule has 0 saturated heterocycles. The largest absolute Gasteiger partial charge is 0.375 e. The first-order valence-corrected chi connectivity index (χ1v) is 8.90. The summed E-state index contributed by atoms with van der Waals surface area (Å²) in [5, 5.41) is 5.83. The second kappa shape index (κ2) is 6.24. The fourth-order valence-corrected chi connectivity index (χ4v) is 2.85. The summed E-state index contributed by atoms with van der Waals surface area (Å²) in [5.41, 5.74) is 0.620. The number of carbonyl (C=O) groups is 1. The van der Waals surface area contributed by atoms with E-state index in [4.69, 9.17) is 0 Å². The van der Waals surface area contributed by atoms with Gasteiger partial charge >= 0.3 is 0 Å². The standard InChI is InChI=1S/C15H23N3O3S/c1-15(2,3)22(20,21)14-7-6-12(9-18-14)16-10-13(19)17-8-11-4-5-11/h6-7,9,11,16H,4-5,8,10H2,1-3H3,(H,17,19). The van der Waals surface area contributed by atoms with Crippen molar-refractivity contribution in [1.82, 2.24) is 10.3 Å². The molecule has 0 unspecified atom stereocenters. The van der Waals surface area contributed by atoms with E-state index in [-0.39, 0.29) is 17.5 Å². The number of hydrogen-bond acceptors (Lipinski definition) is 5. The molecule has 1 aliphatic carbocycles. The molecule has 0 aromatic carbocycles. The zero-order valence-electron chi connectivity index (χ0n) is 13.2. The summed E-state index contributed by atoms with van der Waals surface area (Å²) in [6, 6.07) is 3.09. The van der Waals surface area contributed by atoms with E-state index in [9.17, 15) is 13.2 Å². The van der Waals surface area contributed by atoms with Gasteiger partial charge in [-0.3, -0.25) is 4.79 Å². The lowest BCUT2D eigenvalue weighted by atomic mass is 10.3. The number of aromatic nitrogens is 1. The quantitative estimate of drug-likeness (QED) is 0.829. The van der Waals surface area contributed by atoms with Crippen LogP contribution in [0.3, 0.4) is 0 Å². The summed E-state index contributed by atoms with van der Waals surface area (Å²) in [4.78, 5) is 15.6. The third kappa shape index (κ3) is 4.19. The van der Waals surface area contributed by atoms with Crippen LogP contribution < -0.4 is 10.6 Å². The number of nitrogens with zero attached hydrogens (tertiary/aromatic N) is 1. The van der Waals surface area contributed by atoms with Crippen LogP contribution in [0.4, 0.5) is 5.69 Å². The number of carbonyl (C=O) groups excluding carboxylic acids is 1. The molecule has 0 radical (unpaired) electrons. The van der Waals surface area contributed by atoms with E-state index in [0.717, 1.165) is 6.54 Å². The van der Waals surface area contributed by atoms with Crippen molar-refractivity contribution in [3.8, 4) is 0 Å². The van der Waals surface area contributed by atoms with Gasteiger partial charge in [-0.05, 0) is 51.7 Å². The average molecular weight is 325 g/mol. The van der Waals surface area contributed by atoms with Gasteiger partial charge < -0.3 is 10.6 Å². The van der Waals surface area contributed by atoms with E-state index in [0.29, 0.717) is 11.6 Å². The number of amides is 1. The van der Waals surface area contributed by atoms with Gasteiger partial charge in [0, 0.05) is 6.54 Å². The maximum absolute atomic E-state index is 12.2. The monoisotopic (exact) mass is 325 g/mol. The van der Waals surface area contributed by atoms with Crippen LogP contribution >= 0.6 is 0 Å². The van der Waals surface area contributed by atoms with Crippen molar-refractivity contribution < 1.29 is 13.2 Å². The highest BCUT2D eigenvalue weighted by molar-refractivity contribution is 7.92. The van der Waals surface area contributed by atoms with Crippen LogP contribution in [-0.2, 0) is 14.6 Å². The normalized spacial score (nSPS) is 15.4. The van der Waals surface area contributed by atoms with E-state index in [1.807, 2.05) is 0 Å². The minimum atomic E-state index is -3.45. The van der Waals surface area contributed by atoms with E-state index >= 15 is 0 Å². The lowest BCUT2D eigenvalue weighted by Crippen LogP contribution is -2.31. The Kier molecular flexibility index (Phi) is 4.75. The van der Waals surface area contributed by atoms with Gasteiger partial charge in [0.15, 0.2) is 14.9 Å². The molecule has 22 heavy (non-hydrogen) atoms. The van der Waals surface area contributed by atoms with Crippen LogP contribution in [0.5, 0.6) is 0 Å². The fourth-order valence-electron chi connectivity index (χ4n) is 1.78. The second-order valence-corrected chi connectivity index (χ2v) is 9.25. The van der Waals surface area contributed by atoms with Crippen molar-refractivity contribution in [1.29, 1.82) is 0 Å². The third-order valence-electron chi connectivity index (χ3n) is 3.56. The highest BCUT2D eigenvalue weighted by Gasteiger charge is 2.31. The molecule has 1 amide bonds. The van der Waals surface area contributed by atoms with Crippen molar-refractivity contribution in [2.45, 2.75) is 43.4 Å². The van der Waals surface area contributed by atoms with Crippen molar-refractivity contribution in [3.63, 3.8) is 0 Å². The molecule has 2 rings (SSSR count). The predicted octanol–water partition coefficient (Wildman–Crippen LogP) is 1.59. The van der Waals surface area contributed by atoms with Crippen molar-refractivity contribution >= 4 is 21.4 Å². The Bertz CT molecular complexity index is 629. The molecule has 6 nitrogen and oxygen atoms in total. The first-order chi connectivity index (χ1) is 10.2. The van der Waals surface area contributed by atoms with Gasteiger partial charge in [0.1, 0.15) is 0 Å². The summed E-state index contributed by atoms with van der Waals surface area (Å²) < 4.78 is 23.6. The zero-order valence-corrected chi connectivity index (χ0v) is 14.0. The molecule has 1 fully saturated rings. The number of sulfone groups is 1. The molecule has 7 heteroatoms. The van der Waals surface area contributed by atoms with Crippen molar-refractivity contribution in [2.75, 3.05) is 18.4 Å². The second-order valence-electron chi connectivity index (χ2n) is 6.60. The van der Waals surface area contributed by atoms with Gasteiger partial charge in [-0.15, -0.1) is 0 Å².